The highest BCUT2D eigenvalue weighted by atomic mass is 16.5. The summed E-state index contributed by atoms with van der Waals surface area (Å²) in [6, 6.07) is 15.3. The third kappa shape index (κ3) is 4.90. The van der Waals surface area contributed by atoms with Crippen molar-refractivity contribution in [1.29, 1.82) is 0 Å². The van der Waals surface area contributed by atoms with Gasteiger partial charge in [-0.15, -0.1) is 0 Å². The highest BCUT2D eigenvalue weighted by Gasteiger charge is 2.41. The lowest BCUT2D eigenvalue weighted by molar-refractivity contribution is -0.152. The van der Waals surface area contributed by atoms with Crippen molar-refractivity contribution in [2.75, 3.05) is 11.9 Å². The van der Waals surface area contributed by atoms with Crippen molar-refractivity contribution in [3.8, 4) is 0 Å². The van der Waals surface area contributed by atoms with Crippen LogP contribution in [0, 0.1) is 17.8 Å². The fourth-order valence-corrected chi connectivity index (χ4v) is 4.54. The number of ether oxygens (including phenoxy) is 1. The fraction of sp³-hybridized carbons (Fsp3) is 0.360. The van der Waals surface area contributed by atoms with Crippen molar-refractivity contribution in [3.63, 3.8) is 0 Å². The molecule has 2 aromatic carbocycles. The number of carbonyl (C=O) groups is 4. The SMILES string of the molecule is O=C(COC(=O)C1C[C@H]2CCC[C@@H](C1)C2=O)c1ccc(NC(=O)c2ccccc2)cc1. The molecule has 2 fully saturated rings. The summed E-state index contributed by atoms with van der Waals surface area (Å²) in [5.74, 6) is -0.976. The second-order valence-electron chi connectivity index (χ2n) is 8.32. The first kappa shape index (κ1) is 21.0. The summed E-state index contributed by atoms with van der Waals surface area (Å²) in [7, 11) is 0. The van der Waals surface area contributed by atoms with Crippen molar-refractivity contribution in [2.24, 2.45) is 17.8 Å². The van der Waals surface area contributed by atoms with Gasteiger partial charge in [0, 0.05) is 28.7 Å². The average Bonchev–Trinajstić information content (AvgIpc) is 2.78. The van der Waals surface area contributed by atoms with E-state index in [4.69, 9.17) is 4.74 Å². The molecule has 0 aliphatic heterocycles. The Morgan fingerprint density at radius 3 is 2.16 bits per heavy atom. The molecule has 2 aromatic rings. The molecule has 0 saturated heterocycles. The van der Waals surface area contributed by atoms with E-state index < -0.39 is 0 Å². The van der Waals surface area contributed by atoms with Crippen LogP contribution in [0.25, 0.3) is 0 Å². The van der Waals surface area contributed by atoms with Crippen LogP contribution in [0.3, 0.4) is 0 Å². The second-order valence-corrected chi connectivity index (χ2v) is 8.32. The molecule has 1 unspecified atom stereocenters. The first-order valence-electron chi connectivity index (χ1n) is 10.7. The lowest BCUT2D eigenvalue weighted by atomic mass is 9.67. The molecule has 6 nitrogen and oxygen atoms in total. The van der Waals surface area contributed by atoms with E-state index in [1.807, 2.05) is 6.07 Å². The largest absolute Gasteiger partial charge is 0.457 e. The van der Waals surface area contributed by atoms with Crippen LogP contribution in [0.4, 0.5) is 5.69 Å². The third-order valence-electron chi connectivity index (χ3n) is 6.23. The summed E-state index contributed by atoms with van der Waals surface area (Å²) in [6.07, 6.45) is 3.83. The minimum atomic E-state index is -0.385. The monoisotopic (exact) mass is 419 g/mol. The van der Waals surface area contributed by atoms with Crippen molar-refractivity contribution in [2.45, 2.75) is 32.1 Å². The molecular weight excluding hydrogens is 394 g/mol. The number of anilines is 1. The van der Waals surface area contributed by atoms with Gasteiger partial charge in [-0.25, -0.2) is 0 Å². The molecule has 0 aromatic heterocycles. The molecule has 4 rings (SSSR count). The summed E-state index contributed by atoms with van der Waals surface area (Å²) in [5.41, 5.74) is 1.52. The number of benzene rings is 2. The molecule has 0 radical (unpaired) electrons. The maximum absolute atomic E-state index is 12.4. The van der Waals surface area contributed by atoms with Gasteiger partial charge in [0.2, 0.25) is 0 Å². The molecule has 3 atom stereocenters. The number of carbonyl (C=O) groups excluding carboxylic acids is 4. The Hall–Kier alpha value is -3.28. The zero-order valence-corrected chi connectivity index (χ0v) is 17.2. The third-order valence-corrected chi connectivity index (χ3v) is 6.23. The molecule has 2 saturated carbocycles. The van der Waals surface area contributed by atoms with E-state index in [9.17, 15) is 19.2 Å². The minimum absolute atomic E-state index is 0.0283. The van der Waals surface area contributed by atoms with Crippen LogP contribution in [0.15, 0.2) is 54.6 Å². The number of hydrogen-bond acceptors (Lipinski definition) is 5. The van der Waals surface area contributed by atoms with E-state index in [1.165, 1.54) is 0 Å². The van der Waals surface area contributed by atoms with Crippen LogP contribution in [-0.4, -0.2) is 30.0 Å². The zero-order chi connectivity index (χ0) is 21.8. The quantitative estimate of drug-likeness (QED) is 0.563. The Morgan fingerprint density at radius 1 is 0.871 bits per heavy atom. The molecular formula is C25H25NO5. The minimum Gasteiger partial charge on any atom is -0.457 e. The zero-order valence-electron chi connectivity index (χ0n) is 17.2. The number of nitrogens with one attached hydrogen (secondary N) is 1. The highest BCUT2D eigenvalue weighted by Crippen LogP contribution is 2.40. The van der Waals surface area contributed by atoms with Gasteiger partial charge in [0.25, 0.3) is 5.91 Å². The topological polar surface area (TPSA) is 89.5 Å². The van der Waals surface area contributed by atoms with E-state index >= 15 is 0 Å². The summed E-state index contributed by atoms with van der Waals surface area (Å²) < 4.78 is 5.28. The van der Waals surface area contributed by atoms with Crippen LogP contribution in [0.1, 0.15) is 52.8 Å². The molecule has 31 heavy (non-hydrogen) atoms. The molecule has 6 heteroatoms. The number of amides is 1. The molecule has 160 valence electrons. The number of esters is 1. The number of fused-ring (bicyclic) bond motifs is 2. The smallest absolute Gasteiger partial charge is 0.309 e. The first-order valence-corrected chi connectivity index (χ1v) is 10.7. The standard InChI is InChI=1S/C25H25NO5/c27-22(15-31-25(30)20-13-18-7-4-8-19(14-20)23(18)28)16-9-11-21(12-10-16)26-24(29)17-5-2-1-3-6-17/h1-3,5-6,9-12,18-20H,4,7-8,13-15H2,(H,26,29)/t18-,19+,20?. The summed E-state index contributed by atoms with van der Waals surface area (Å²) in [4.78, 5) is 49.2. The van der Waals surface area contributed by atoms with Crippen molar-refractivity contribution >= 4 is 29.1 Å². The second kappa shape index (κ2) is 9.25. The summed E-state index contributed by atoms with van der Waals surface area (Å²) in [5, 5.41) is 2.78. The Labute approximate surface area is 181 Å². The van der Waals surface area contributed by atoms with Gasteiger partial charge in [-0.1, -0.05) is 24.6 Å². The van der Waals surface area contributed by atoms with E-state index in [-0.39, 0.29) is 42.0 Å². The van der Waals surface area contributed by atoms with Crippen LogP contribution >= 0.6 is 0 Å². The molecule has 2 bridgehead atoms. The Balaban J connectivity index is 1.28. The highest BCUT2D eigenvalue weighted by molar-refractivity contribution is 6.04. The van der Waals surface area contributed by atoms with E-state index in [1.54, 1.807) is 48.5 Å². The van der Waals surface area contributed by atoms with E-state index in [0.717, 1.165) is 19.3 Å². The van der Waals surface area contributed by atoms with Gasteiger partial charge in [0.1, 0.15) is 5.78 Å². The maximum Gasteiger partial charge on any atom is 0.309 e. The van der Waals surface area contributed by atoms with Gasteiger partial charge in [-0.2, -0.15) is 0 Å². The molecule has 0 heterocycles. The number of Topliss-reactive ketones (excluding diaryl/α,β-unsaturated/α-hetero) is 2. The normalized spacial score (nSPS) is 22.5. The molecule has 2 aliphatic rings. The maximum atomic E-state index is 12.4. The van der Waals surface area contributed by atoms with Crippen LogP contribution < -0.4 is 5.32 Å². The number of rotatable bonds is 6. The fourth-order valence-electron chi connectivity index (χ4n) is 4.54. The first-order chi connectivity index (χ1) is 15.0. The average molecular weight is 419 g/mol. The van der Waals surface area contributed by atoms with E-state index in [0.29, 0.717) is 35.4 Å². The molecule has 1 N–H and O–H groups in total. The van der Waals surface area contributed by atoms with Gasteiger partial charge in [0.15, 0.2) is 12.4 Å². The number of ketones is 2. The van der Waals surface area contributed by atoms with Crippen LogP contribution in [0.2, 0.25) is 0 Å². The van der Waals surface area contributed by atoms with Gasteiger partial charge in [-0.05, 0) is 62.1 Å². The Kier molecular flexibility index (Phi) is 6.26. The lowest BCUT2D eigenvalue weighted by Crippen LogP contribution is -2.39. The van der Waals surface area contributed by atoms with E-state index in [2.05, 4.69) is 5.32 Å². The Morgan fingerprint density at radius 2 is 1.52 bits per heavy atom. The van der Waals surface area contributed by atoms with Crippen LogP contribution in [0.5, 0.6) is 0 Å². The van der Waals surface area contributed by atoms with Gasteiger partial charge < -0.3 is 10.1 Å². The number of hydrogen-bond donors (Lipinski definition) is 1. The van der Waals surface area contributed by atoms with Gasteiger partial charge in [-0.3, -0.25) is 19.2 Å². The predicted octanol–water partition coefficient (Wildman–Crippen LogP) is 4.06. The summed E-state index contributed by atoms with van der Waals surface area (Å²) in [6.45, 7) is -0.325. The van der Waals surface area contributed by atoms with Gasteiger partial charge in [0.05, 0.1) is 5.92 Å². The Bertz CT molecular complexity index is 967. The summed E-state index contributed by atoms with van der Waals surface area (Å²) >= 11 is 0. The molecule has 2 aliphatic carbocycles. The van der Waals surface area contributed by atoms with Crippen molar-refractivity contribution in [3.05, 3.63) is 65.7 Å². The van der Waals surface area contributed by atoms with Crippen molar-refractivity contribution < 1.29 is 23.9 Å². The lowest BCUT2D eigenvalue weighted by Gasteiger charge is -2.36. The van der Waals surface area contributed by atoms with Crippen molar-refractivity contribution in [1.82, 2.24) is 0 Å². The van der Waals surface area contributed by atoms with Crippen LogP contribution in [-0.2, 0) is 14.3 Å². The molecule has 0 spiro atoms. The van der Waals surface area contributed by atoms with Gasteiger partial charge >= 0.3 is 5.97 Å². The predicted molar refractivity (Wildman–Crippen MR) is 115 cm³/mol. The molecule has 1 amide bonds.